The number of nitrogens with zero attached hydrogens (tertiary/aromatic N) is 2. The van der Waals surface area contributed by atoms with E-state index in [0.29, 0.717) is 6.61 Å². The number of nitrogens with one attached hydrogen (secondary N) is 2. The Morgan fingerprint density at radius 1 is 1.37 bits per heavy atom. The summed E-state index contributed by atoms with van der Waals surface area (Å²) in [7, 11) is 4.06. The molecule has 1 aromatic heterocycles. The first-order chi connectivity index (χ1) is 9.16. The summed E-state index contributed by atoms with van der Waals surface area (Å²) in [5, 5.41) is 11.2. The van der Waals surface area contributed by atoms with Crippen LogP contribution in [0, 0.1) is 0 Å². The molecule has 2 aromatic rings. The number of nitrogen functional groups attached to an aromatic ring is 1. The Hall–Kier alpha value is -1.79. The van der Waals surface area contributed by atoms with E-state index >= 15 is 0 Å². The van der Waals surface area contributed by atoms with Gasteiger partial charge in [0.2, 0.25) is 0 Å². The molecule has 0 fully saturated rings. The second-order valence-electron chi connectivity index (χ2n) is 4.74. The number of hydrogen-bond donors (Lipinski definition) is 3. The molecule has 19 heavy (non-hydrogen) atoms. The summed E-state index contributed by atoms with van der Waals surface area (Å²) in [6, 6.07) is 3.88. The normalized spacial score (nSPS) is 11.3. The molecule has 0 atom stereocenters. The zero-order valence-electron chi connectivity index (χ0n) is 11.4. The van der Waals surface area contributed by atoms with Crippen LogP contribution in [0.2, 0.25) is 0 Å². The van der Waals surface area contributed by atoms with Crippen LogP contribution in [0.3, 0.4) is 0 Å². The Kier molecular flexibility index (Phi) is 4.59. The van der Waals surface area contributed by atoms with Gasteiger partial charge in [-0.05, 0) is 26.2 Å². The van der Waals surface area contributed by atoms with Crippen LogP contribution in [0.1, 0.15) is 0 Å². The van der Waals surface area contributed by atoms with Crippen molar-refractivity contribution in [2.45, 2.75) is 0 Å². The lowest BCUT2D eigenvalue weighted by atomic mass is 10.2. The largest absolute Gasteiger partial charge is 0.397 e. The van der Waals surface area contributed by atoms with Crippen LogP contribution < -0.4 is 11.1 Å². The lowest BCUT2D eigenvalue weighted by Gasteiger charge is -2.12. The summed E-state index contributed by atoms with van der Waals surface area (Å²) in [5.74, 6) is 0. The van der Waals surface area contributed by atoms with E-state index in [4.69, 9.17) is 10.5 Å². The summed E-state index contributed by atoms with van der Waals surface area (Å²) in [6.07, 6.45) is 1.76. The van der Waals surface area contributed by atoms with E-state index in [1.807, 2.05) is 26.2 Å². The summed E-state index contributed by atoms with van der Waals surface area (Å²) < 4.78 is 5.51. The smallest absolute Gasteiger partial charge is 0.0672 e. The third kappa shape index (κ3) is 3.84. The van der Waals surface area contributed by atoms with Crippen LogP contribution in [-0.2, 0) is 4.74 Å². The van der Waals surface area contributed by atoms with E-state index in [9.17, 15) is 0 Å². The van der Waals surface area contributed by atoms with Crippen molar-refractivity contribution in [1.29, 1.82) is 0 Å². The molecule has 0 unspecified atom stereocenters. The highest BCUT2D eigenvalue weighted by molar-refractivity contribution is 5.88. The average molecular weight is 263 g/mol. The van der Waals surface area contributed by atoms with Crippen LogP contribution >= 0.6 is 0 Å². The molecule has 104 valence electrons. The third-order valence-electron chi connectivity index (χ3n) is 2.86. The molecule has 6 heteroatoms. The number of H-pyrrole nitrogens is 1. The summed E-state index contributed by atoms with van der Waals surface area (Å²) in [5.41, 5.74) is 8.59. The predicted octanol–water partition coefficient (Wildman–Crippen LogP) is 1.14. The molecular weight excluding hydrogens is 242 g/mol. The van der Waals surface area contributed by atoms with E-state index in [-0.39, 0.29) is 0 Å². The quantitative estimate of drug-likeness (QED) is 0.515. The molecule has 0 amide bonds. The van der Waals surface area contributed by atoms with Crippen LogP contribution in [0.15, 0.2) is 18.3 Å². The number of aromatic amines is 1. The van der Waals surface area contributed by atoms with Gasteiger partial charge in [-0.25, -0.2) is 0 Å². The Morgan fingerprint density at radius 3 is 3.00 bits per heavy atom. The number of benzene rings is 1. The first-order valence-electron chi connectivity index (χ1n) is 6.36. The average Bonchev–Trinajstić information content (AvgIpc) is 2.80. The van der Waals surface area contributed by atoms with Gasteiger partial charge in [0, 0.05) is 18.5 Å². The Morgan fingerprint density at radius 2 is 2.21 bits per heavy atom. The van der Waals surface area contributed by atoms with Crippen LogP contribution in [0.25, 0.3) is 10.9 Å². The topological polar surface area (TPSA) is 79.2 Å². The number of fused-ring (bicyclic) bond motifs is 1. The van der Waals surface area contributed by atoms with Gasteiger partial charge >= 0.3 is 0 Å². The maximum absolute atomic E-state index is 5.97. The minimum absolute atomic E-state index is 0.661. The second kappa shape index (κ2) is 6.40. The van der Waals surface area contributed by atoms with Crippen LogP contribution in [-0.4, -0.2) is 55.5 Å². The molecule has 0 saturated carbocycles. The highest BCUT2D eigenvalue weighted by atomic mass is 16.5. The van der Waals surface area contributed by atoms with Gasteiger partial charge in [0.1, 0.15) is 0 Å². The Balaban J connectivity index is 1.79. The maximum Gasteiger partial charge on any atom is 0.0672 e. The molecule has 0 aliphatic rings. The van der Waals surface area contributed by atoms with Gasteiger partial charge in [-0.1, -0.05) is 0 Å². The molecule has 1 heterocycles. The van der Waals surface area contributed by atoms with Gasteiger partial charge < -0.3 is 20.7 Å². The van der Waals surface area contributed by atoms with Gasteiger partial charge in [-0.15, -0.1) is 0 Å². The fourth-order valence-electron chi connectivity index (χ4n) is 1.77. The number of rotatable bonds is 7. The monoisotopic (exact) mass is 263 g/mol. The van der Waals surface area contributed by atoms with Gasteiger partial charge in [-0.2, -0.15) is 5.10 Å². The van der Waals surface area contributed by atoms with Crippen molar-refractivity contribution < 1.29 is 4.74 Å². The molecule has 0 aliphatic heterocycles. The van der Waals surface area contributed by atoms with Gasteiger partial charge in [-0.3, -0.25) is 5.10 Å². The number of ether oxygens (including phenoxy) is 1. The van der Waals surface area contributed by atoms with Gasteiger partial charge in [0.25, 0.3) is 0 Å². The highest BCUT2D eigenvalue weighted by Gasteiger charge is 2.03. The molecule has 0 radical (unpaired) electrons. The van der Waals surface area contributed by atoms with Crippen molar-refractivity contribution in [3.05, 3.63) is 18.3 Å². The molecule has 0 spiro atoms. The fourth-order valence-corrected chi connectivity index (χ4v) is 1.77. The zero-order chi connectivity index (χ0) is 13.7. The Bertz CT molecular complexity index is 523. The van der Waals surface area contributed by atoms with Crippen molar-refractivity contribution in [2.75, 3.05) is 51.4 Å². The summed E-state index contributed by atoms with van der Waals surface area (Å²) in [4.78, 5) is 2.09. The molecule has 6 nitrogen and oxygen atoms in total. The molecule has 1 aromatic carbocycles. The first kappa shape index (κ1) is 13.6. The number of likely N-dealkylation sites (N-methyl/N-ethyl adjacent to an activating group) is 1. The van der Waals surface area contributed by atoms with E-state index in [1.165, 1.54) is 0 Å². The second-order valence-corrected chi connectivity index (χ2v) is 4.74. The lowest BCUT2D eigenvalue weighted by Crippen LogP contribution is -2.20. The van der Waals surface area contributed by atoms with Crippen LogP contribution in [0.5, 0.6) is 0 Å². The van der Waals surface area contributed by atoms with Crippen molar-refractivity contribution >= 4 is 22.3 Å². The SMILES string of the molecule is CN(C)CCOCCNc1cc2[nH]ncc2cc1N. The molecule has 0 aliphatic carbocycles. The fraction of sp³-hybridized carbons (Fsp3) is 0.462. The zero-order valence-corrected chi connectivity index (χ0v) is 11.4. The van der Waals surface area contributed by atoms with Crippen molar-refractivity contribution in [3.8, 4) is 0 Å². The van der Waals surface area contributed by atoms with Gasteiger partial charge in [0.15, 0.2) is 0 Å². The number of anilines is 2. The van der Waals surface area contributed by atoms with Crippen molar-refractivity contribution in [1.82, 2.24) is 15.1 Å². The first-order valence-corrected chi connectivity index (χ1v) is 6.36. The predicted molar refractivity (Wildman–Crippen MR) is 78.4 cm³/mol. The molecule has 0 bridgehead atoms. The van der Waals surface area contributed by atoms with E-state index < -0.39 is 0 Å². The molecule has 2 rings (SSSR count). The minimum atomic E-state index is 0.661. The van der Waals surface area contributed by atoms with Crippen molar-refractivity contribution in [3.63, 3.8) is 0 Å². The van der Waals surface area contributed by atoms with E-state index in [2.05, 4.69) is 20.4 Å². The Labute approximate surface area is 112 Å². The number of hydrogen-bond acceptors (Lipinski definition) is 5. The van der Waals surface area contributed by atoms with Crippen LogP contribution in [0.4, 0.5) is 11.4 Å². The maximum atomic E-state index is 5.97. The minimum Gasteiger partial charge on any atom is -0.397 e. The number of nitrogens with two attached hydrogens (primary N) is 1. The van der Waals surface area contributed by atoms with E-state index in [1.54, 1.807) is 6.20 Å². The van der Waals surface area contributed by atoms with E-state index in [0.717, 1.165) is 42.0 Å². The molecule has 4 N–H and O–H groups in total. The summed E-state index contributed by atoms with van der Waals surface area (Å²) in [6.45, 7) is 3.07. The standard InChI is InChI=1S/C13H21N5O/c1-18(2)4-6-19-5-3-15-13-8-12-10(7-11(13)14)9-16-17-12/h7-9,15H,3-6,14H2,1-2H3,(H,16,17). The lowest BCUT2D eigenvalue weighted by molar-refractivity contribution is 0.126. The van der Waals surface area contributed by atoms with Gasteiger partial charge in [0.05, 0.1) is 36.3 Å². The van der Waals surface area contributed by atoms with Crippen molar-refractivity contribution in [2.24, 2.45) is 0 Å². The highest BCUT2D eigenvalue weighted by Crippen LogP contribution is 2.24. The third-order valence-corrected chi connectivity index (χ3v) is 2.86. The summed E-state index contributed by atoms with van der Waals surface area (Å²) >= 11 is 0. The number of aromatic nitrogens is 2. The molecule has 0 saturated heterocycles. The molecular formula is C13H21N5O.